The number of hydrogen-bond donors (Lipinski definition) is 1. The van der Waals surface area contributed by atoms with Crippen molar-refractivity contribution < 1.29 is 0 Å². The van der Waals surface area contributed by atoms with Gasteiger partial charge in [0.05, 0.1) is 5.01 Å². The largest absolute Gasteiger partial charge is 0.384 e. The molecule has 4 heteroatoms. The third-order valence-electron chi connectivity index (χ3n) is 2.41. The lowest BCUT2D eigenvalue weighted by molar-refractivity contribution is 0.996. The molecule has 0 atom stereocenters. The second-order valence-electron chi connectivity index (χ2n) is 3.52. The quantitative estimate of drug-likeness (QED) is 0.896. The van der Waals surface area contributed by atoms with Crippen LogP contribution in [0.25, 0.3) is 0 Å². The number of rotatable bonds is 4. The molecule has 0 radical (unpaired) electrons. The Morgan fingerprint density at radius 1 is 1.44 bits per heavy atom. The smallest absolute Gasteiger partial charge is 0.0942 e. The number of nitrogens with one attached hydrogen (secondary N) is 1. The van der Waals surface area contributed by atoms with Crippen LogP contribution >= 0.6 is 22.9 Å². The molecule has 1 heterocycles. The van der Waals surface area contributed by atoms with E-state index < -0.39 is 0 Å². The maximum absolute atomic E-state index is 6.04. The summed E-state index contributed by atoms with van der Waals surface area (Å²) in [6.45, 7) is 2.91. The molecular formula is C12H13ClN2S. The molecular weight excluding hydrogens is 240 g/mol. The van der Waals surface area contributed by atoms with Crippen molar-refractivity contribution in [2.75, 3.05) is 11.9 Å². The molecule has 84 valence electrons. The van der Waals surface area contributed by atoms with E-state index in [0.29, 0.717) is 0 Å². The Balaban J connectivity index is 1.92. The van der Waals surface area contributed by atoms with Gasteiger partial charge in [-0.05, 0) is 24.6 Å². The molecule has 0 aliphatic heterocycles. The first-order valence-electron chi connectivity index (χ1n) is 5.15. The molecule has 2 nitrogen and oxygen atoms in total. The highest BCUT2D eigenvalue weighted by molar-refractivity contribution is 7.09. The standard InChI is InChI=1S/C12H13ClN2S/c1-9-10(13)3-2-4-11(9)14-6-5-12-15-7-8-16-12/h2-4,7-8,14H,5-6H2,1H3. The van der Waals surface area contributed by atoms with Gasteiger partial charge in [0.15, 0.2) is 0 Å². The monoisotopic (exact) mass is 252 g/mol. The predicted octanol–water partition coefficient (Wildman–Crippen LogP) is 3.76. The van der Waals surface area contributed by atoms with Crippen molar-refractivity contribution in [2.45, 2.75) is 13.3 Å². The van der Waals surface area contributed by atoms with Gasteiger partial charge >= 0.3 is 0 Å². The summed E-state index contributed by atoms with van der Waals surface area (Å²) in [7, 11) is 0. The van der Waals surface area contributed by atoms with Gasteiger partial charge in [-0.2, -0.15) is 0 Å². The van der Waals surface area contributed by atoms with E-state index in [4.69, 9.17) is 11.6 Å². The molecule has 0 saturated carbocycles. The summed E-state index contributed by atoms with van der Waals surface area (Å²) in [5.41, 5.74) is 2.20. The summed E-state index contributed by atoms with van der Waals surface area (Å²) < 4.78 is 0. The van der Waals surface area contributed by atoms with E-state index in [0.717, 1.165) is 34.2 Å². The molecule has 0 aliphatic carbocycles. The first-order valence-corrected chi connectivity index (χ1v) is 6.40. The molecule has 0 fully saturated rings. The van der Waals surface area contributed by atoms with Crippen LogP contribution in [-0.4, -0.2) is 11.5 Å². The molecule has 0 amide bonds. The highest BCUT2D eigenvalue weighted by Crippen LogP contribution is 2.22. The van der Waals surface area contributed by atoms with Crippen LogP contribution in [0.2, 0.25) is 5.02 Å². The number of thiazole rings is 1. The number of aromatic nitrogens is 1. The molecule has 1 aromatic heterocycles. The molecule has 1 aromatic carbocycles. The lowest BCUT2D eigenvalue weighted by atomic mass is 10.2. The Bertz CT molecular complexity index is 454. The van der Waals surface area contributed by atoms with Gasteiger partial charge in [-0.25, -0.2) is 4.98 Å². The molecule has 0 bridgehead atoms. The maximum Gasteiger partial charge on any atom is 0.0942 e. The molecule has 16 heavy (non-hydrogen) atoms. The van der Waals surface area contributed by atoms with E-state index in [9.17, 15) is 0 Å². The number of hydrogen-bond acceptors (Lipinski definition) is 3. The predicted molar refractivity (Wildman–Crippen MR) is 70.5 cm³/mol. The van der Waals surface area contributed by atoms with E-state index in [1.165, 1.54) is 0 Å². The van der Waals surface area contributed by atoms with Crippen molar-refractivity contribution in [1.82, 2.24) is 4.98 Å². The SMILES string of the molecule is Cc1c(Cl)cccc1NCCc1nccs1. The topological polar surface area (TPSA) is 24.9 Å². The minimum atomic E-state index is 0.805. The zero-order valence-electron chi connectivity index (χ0n) is 9.03. The zero-order valence-corrected chi connectivity index (χ0v) is 10.6. The van der Waals surface area contributed by atoms with Crippen molar-refractivity contribution in [3.63, 3.8) is 0 Å². The normalized spacial score (nSPS) is 10.4. The van der Waals surface area contributed by atoms with Gasteiger partial charge in [0.2, 0.25) is 0 Å². The number of halogens is 1. The fourth-order valence-corrected chi connectivity index (χ4v) is 2.27. The van der Waals surface area contributed by atoms with Gasteiger partial charge in [0.25, 0.3) is 0 Å². The second-order valence-corrected chi connectivity index (χ2v) is 4.90. The Morgan fingerprint density at radius 2 is 2.31 bits per heavy atom. The first kappa shape index (κ1) is 11.4. The van der Waals surface area contributed by atoms with E-state index >= 15 is 0 Å². The molecule has 1 N–H and O–H groups in total. The van der Waals surface area contributed by atoms with Crippen molar-refractivity contribution >= 4 is 28.6 Å². The summed E-state index contributed by atoms with van der Waals surface area (Å²) in [5.74, 6) is 0. The molecule has 2 rings (SSSR count). The van der Waals surface area contributed by atoms with Crippen LogP contribution in [0.1, 0.15) is 10.6 Å². The summed E-state index contributed by atoms with van der Waals surface area (Å²) in [6, 6.07) is 5.91. The average Bonchev–Trinajstić information content (AvgIpc) is 2.77. The summed E-state index contributed by atoms with van der Waals surface area (Å²) in [6.07, 6.45) is 2.79. The molecule has 0 aliphatic rings. The zero-order chi connectivity index (χ0) is 11.4. The van der Waals surface area contributed by atoms with Crippen LogP contribution in [-0.2, 0) is 6.42 Å². The number of anilines is 1. The van der Waals surface area contributed by atoms with Crippen molar-refractivity contribution in [3.8, 4) is 0 Å². The van der Waals surface area contributed by atoms with Crippen LogP contribution in [0.4, 0.5) is 5.69 Å². The maximum atomic E-state index is 6.04. The highest BCUT2D eigenvalue weighted by Gasteiger charge is 2.01. The third kappa shape index (κ3) is 2.74. The fraction of sp³-hybridized carbons (Fsp3) is 0.250. The van der Waals surface area contributed by atoms with Gasteiger partial charge in [0, 0.05) is 35.3 Å². The minimum absolute atomic E-state index is 0.805. The van der Waals surface area contributed by atoms with Crippen LogP contribution < -0.4 is 5.32 Å². The Hall–Kier alpha value is -1.06. The van der Waals surface area contributed by atoms with Gasteiger partial charge in [0.1, 0.15) is 0 Å². The molecule has 2 aromatic rings. The van der Waals surface area contributed by atoms with Gasteiger partial charge < -0.3 is 5.32 Å². The van der Waals surface area contributed by atoms with E-state index in [1.54, 1.807) is 11.3 Å². The van der Waals surface area contributed by atoms with E-state index in [-0.39, 0.29) is 0 Å². The Morgan fingerprint density at radius 3 is 3.06 bits per heavy atom. The lowest BCUT2D eigenvalue weighted by Gasteiger charge is -2.09. The number of nitrogens with zero attached hydrogens (tertiary/aromatic N) is 1. The van der Waals surface area contributed by atoms with Gasteiger partial charge in [-0.15, -0.1) is 11.3 Å². The van der Waals surface area contributed by atoms with Crippen LogP contribution in [0.3, 0.4) is 0 Å². The van der Waals surface area contributed by atoms with E-state index in [2.05, 4.69) is 10.3 Å². The van der Waals surface area contributed by atoms with E-state index in [1.807, 2.05) is 36.7 Å². The Labute approximate surface area is 104 Å². The third-order valence-corrected chi connectivity index (χ3v) is 3.65. The van der Waals surface area contributed by atoms with Crippen LogP contribution in [0, 0.1) is 6.92 Å². The van der Waals surface area contributed by atoms with Crippen LogP contribution in [0.5, 0.6) is 0 Å². The van der Waals surface area contributed by atoms with Gasteiger partial charge in [-0.3, -0.25) is 0 Å². The highest BCUT2D eigenvalue weighted by atomic mass is 35.5. The van der Waals surface area contributed by atoms with Crippen LogP contribution in [0.15, 0.2) is 29.8 Å². The summed E-state index contributed by atoms with van der Waals surface area (Å²) in [5, 5.41) is 7.34. The number of benzene rings is 1. The molecule has 0 unspecified atom stereocenters. The Kier molecular flexibility index (Phi) is 3.80. The second kappa shape index (κ2) is 5.32. The molecule has 0 spiro atoms. The van der Waals surface area contributed by atoms with Crippen molar-refractivity contribution in [1.29, 1.82) is 0 Å². The summed E-state index contributed by atoms with van der Waals surface area (Å²) in [4.78, 5) is 4.24. The average molecular weight is 253 g/mol. The fourth-order valence-electron chi connectivity index (χ4n) is 1.48. The summed E-state index contributed by atoms with van der Waals surface area (Å²) >= 11 is 7.73. The minimum Gasteiger partial charge on any atom is -0.384 e. The van der Waals surface area contributed by atoms with Crippen molar-refractivity contribution in [3.05, 3.63) is 45.4 Å². The first-order chi connectivity index (χ1) is 7.77. The van der Waals surface area contributed by atoms with Gasteiger partial charge in [-0.1, -0.05) is 17.7 Å². The lowest BCUT2D eigenvalue weighted by Crippen LogP contribution is -2.05. The molecule has 0 saturated heterocycles. The van der Waals surface area contributed by atoms with Crippen molar-refractivity contribution in [2.24, 2.45) is 0 Å².